The van der Waals surface area contributed by atoms with Crippen LogP contribution in [0.3, 0.4) is 0 Å². The molecule has 0 aromatic heterocycles. The van der Waals surface area contributed by atoms with Crippen molar-refractivity contribution in [1.82, 2.24) is 0 Å². The molecular weight excluding hydrogens is 508 g/mol. The smallest absolute Gasteiger partial charge is 0.331 e. The number of cyclic esters (lactones) is 1. The Morgan fingerprint density at radius 1 is 1.03 bits per heavy atom. The Balaban J connectivity index is 1.18. The van der Waals surface area contributed by atoms with Crippen LogP contribution in [0.25, 0.3) is 0 Å². The van der Waals surface area contributed by atoms with E-state index in [0.29, 0.717) is 32.3 Å². The first-order valence-corrected chi connectivity index (χ1v) is 14.6. The van der Waals surface area contributed by atoms with Gasteiger partial charge in [-0.25, -0.2) is 4.79 Å². The van der Waals surface area contributed by atoms with Gasteiger partial charge in [-0.3, -0.25) is 0 Å². The van der Waals surface area contributed by atoms with Crippen molar-refractivity contribution in [2.75, 3.05) is 13.2 Å². The van der Waals surface area contributed by atoms with E-state index < -0.39 is 48.3 Å². The number of fused-ring (bicyclic) bond motifs is 5. The Hall–Kier alpha value is -1.40. The van der Waals surface area contributed by atoms with Crippen molar-refractivity contribution >= 4 is 12.3 Å². The minimum absolute atomic E-state index is 0.00392. The van der Waals surface area contributed by atoms with Gasteiger partial charge in [0.15, 0.2) is 6.29 Å². The van der Waals surface area contributed by atoms with E-state index in [-0.39, 0.29) is 41.2 Å². The largest absolute Gasteiger partial charge is 0.458 e. The maximum absolute atomic E-state index is 12.9. The summed E-state index contributed by atoms with van der Waals surface area (Å²) in [6, 6.07) is 0. The zero-order chi connectivity index (χ0) is 27.7. The first-order valence-electron chi connectivity index (χ1n) is 14.6. The Bertz CT molecular complexity index is 1010. The average molecular weight is 551 g/mol. The lowest BCUT2D eigenvalue weighted by molar-refractivity contribution is -0.316. The fourth-order valence-corrected chi connectivity index (χ4v) is 9.79. The summed E-state index contributed by atoms with van der Waals surface area (Å²) in [5.41, 5.74) is -0.841. The van der Waals surface area contributed by atoms with E-state index in [9.17, 15) is 35.1 Å². The van der Waals surface area contributed by atoms with Crippen molar-refractivity contribution in [1.29, 1.82) is 0 Å². The molecule has 39 heavy (non-hydrogen) atoms. The molecular formula is C29H42O10. The van der Waals surface area contributed by atoms with Crippen LogP contribution in [0, 0.1) is 34.5 Å². The lowest BCUT2D eigenvalue weighted by atomic mass is 9.43. The third-order valence-corrected chi connectivity index (χ3v) is 11.9. The van der Waals surface area contributed by atoms with Crippen molar-refractivity contribution < 1.29 is 49.3 Å². The predicted molar refractivity (Wildman–Crippen MR) is 135 cm³/mol. The highest BCUT2D eigenvalue weighted by molar-refractivity contribution is 5.85. The second-order valence-electron chi connectivity index (χ2n) is 13.2. The third-order valence-electron chi connectivity index (χ3n) is 11.9. The van der Waals surface area contributed by atoms with Crippen LogP contribution in [0.4, 0.5) is 0 Å². The van der Waals surface area contributed by atoms with Crippen molar-refractivity contribution in [2.45, 2.75) is 107 Å². The summed E-state index contributed by atoms with van der Waals surface area (Å²) in [4.78, 5) is 24.7. The van der Waals surface area contributed by atoms with Gasteiger partial charge in [0.1, 0.15) is 37.3 Å². The van der Waals surface area contributed by atoms with Gasteiger partial charge < -0.3 is 44.5 Å². The molecule has 10 nitrogen and oxygen atoms in total. The number of aldehydes is 1. The summed E-state index contributed by atoms with van der Waals surface area (Å²) in [5.74, 6) is -0.0737. The SMILES string of the molecule is C[C@]12CC[C@H]3[C@@H](CC[C@H]4C[C@@H](O[C@@H]5O[C@H](CO)[C@@H](O)[C@H](O)[C@H]5O)CC[C@@]43C=O)[C@@]1(O)CC[C@@H]2C1=CC(=O)OC1. The number of aliphatic hydroxyl groups is 5. The zero-order valence-electron chi connectivity index (χ0n) is 22.5. The second-order valence-corrected chi connectivity index (χ2v) is 13.2. The molecule has 0 aromatic carbocycles. The molecule has 6 rings (SSSR count). The number of esters is 1. The normalized spacial score (nSPS) is 53.3. The molecule has 2 heterocycles. The highest BCUT2D eigenvalue weighted by Crippen LogP contribution is 2.69. The van der Waals surface area contributed by atoms with Gasteiger partial charge in [0, 0.05) is 16.9 Å². The van der Waals surface area contributed by atoms with E-state index in [2.05, 4.69) is 6.92 Å². The van der Waals surface area contributed by atoms with Crippen LogP contribution in [0.2, 0.25) is 0 Å². The van der Waals surface area contributed by atoms with Crippen LogP contribution in [-0.4, -0.2) is 93.4 Å². The Kier molecular flexibility index (Phi) is 7.01. The molecule has 10 heteroatoms. The van der Waals surface area contributed by atoms with Crippen molar-refractivity contribution in [2.24, 2.45) is 34.5 Å². The Labute approximate surface area is 228 Å². The molecule has 0 radical (unpaired) electrons. The van der Waals surface area contributed by atoms with Crippen LogP contribution in [0.1, 0.15) is 64.7 Å². The standard InChI is InChI=1S/C29H42O10/c1-27-7-5-19-20(29(27,36)9-6-18(27)15-10-22(32)37-13-15)3-2-16-11-17(4-8-28(16,19)14-31)38-26-25(35)24(34)23(33)21(12-30)39-26/h10,14,16-21,23-26,30,33-36H,2-9,11-13H2,1H3/t16-,17-,18+,19-,20+,21+,23+,24-,25+,26+,27+,28+,29-/m0/s1. The molecule has 0 amide bonds. The summed E-state index contributed by atoms with van der Waals surface area (Å²) < 4.78 is 16.9. The highest BCUT2D eigenvalue weighted by Gasteiger charge is 2.68. The van der Waals surface area contributed by atoms with Gasteiger partial charge >= 0.3 is 5.97 Å². The van der Waals surface area contributed by atoms with Crippen molar-refractivity contribution in [3.05, 3.63) is 11.6 Å². The molecule has 4 aliphatic carbocycles. The number of carbonyl (C=O) groups excluding carboxylic acids is 2. The quantitative estimate of drug-likeness (QED) is 0.186. The molecule has 2 aliphatic heterocycles. The van der Waals surface area contributed by atoms with E-state index in [1.165, 1.54) is 0 Å². The topological polar surface area (TPSA) is 163 Å². The molecule has 13 atom stereocenters. The Morgan fingerprint density at radius 2 is 1.82 bits per heavy atom. The number of ether oxygens (including phenoxy) is 3. The molecule has 0 bridgehead atoms. The first kappa shape index (κ1) is 27.8. The number of aliphatic hydroxyl groups excluding tert-OH is 4. The van der Waals surface area contributed by atoms with Crippen LogP contribution < -0.4 is 0 Å². The molecule has 0 aromatic rings. The molecule has 5 fully saturated rings. The molecule has 4 saturated carbocycles. The summed E-state index contributed by atoms with van der Waals surface area (Å²) in [6.45, 7) is 1.95. The van der Waals surface area contributed by atoms with E-state index in [1.807, 2.05) is 0 Å². The molecule has 6 aliphatic rings. The van der Waals surface area contributed by atoms with Crippen molar-refractivity contribution in [3.8, 4) is 0 Å². The van der Waals surface area contributed by atoms with Crippen LogP contribution in [0.15, 0.2) is 11.6 Å². The maximum Gasteiger partial charge on any atom is 0.331 e. The zero-order valence-corrected chi connectivity index (χ0v) is 22.5. The summed E-state index contributed by atoms with van der Waals surface area (Å²) >= 11 is 0. The van der Waals surface area contributed by atoms with Crippen LogP contribution >= 0.6 is 0 Å². The van der Waals surface area contributed by atoms with Crippen LogP contribution in [0.5, 0.6) is 0 Å². The number of carbonyl (C=O) groups is 2. The number of hydrogen-bond donors (Lipinski definition) is 5. The molecule has 218 valence electrons. The second kappa shape index (κ2) is 9.86. The molecule has 1 saturated heterocycles. The lowest BCUT2D eigenvalue weighted by Gasteiger charge is -2.63. The van der Waals surface area contributed by atoms with Gasteiger partial charge in [-0.15, -0.1) is 0 Å². The molecule has 5 N–H and O–H groups in total. The summed E-state index contributed by atoms with van der Waals surface area (Å²) in [5, 5.41) is 52.5. The van der Waals surface area contributed by atoms with Crippen LogP contribution in [-0.2, 0) is 23.8 Å². The predicted octanol–water partition coefficient (Wildman–Crippen LogP) is 0.608. The first-order chi connectivity index (χ1) is 18.6. The minimum Gasteiger partial charge on any atom is -0.458 e. The van der Waals surface area contributed by atoms with E-state index in [4.69, 9.17) is 14.2 Å². The molecule has 0 unspecified atom stereocenters. The minimum atomic E-state index is -1.49. The molecule has 0 spiro atoms. The Morgan fingerprint density at radius 3 is 2.51 bits per heavy atom. The van der Waals surface area contributed by atoms with E-state index in [0.717, 1.165) is 44.0 Å². The van der Waals surface area contributed by atoms with Gasteiger partial charge in [0.05, 0.1) is 18.3 Å². The lowest BCUT2D eigenvalue weighted by Crippen LogP contribution is -2.63. The average Bonchev–Trinajstić information content (AvgIpc) is 3.48. The van der Waals surface area contributed by atoms with Gasteiger partial charge in [-0.05, 0) is 87.0 Å². The monoisotopic (exact) mass is 550 g/mol. The van der Waals surface area contributed by atoms with E-state index in [1.54, 1.807) is 6.08 Å². The summed E-state index contributed by atoms with van der Waals surface area (Å²) in [6.07, 6.45) is 2.30. The van der Waals surface area contributed by atoms with Gasteiger partial charge in [0.25, 0.3) is 0 Å². The maximum atomic E-state index is 12.9. The number of rotatable bonds is 5. The third kappa shape index (κ3) is 4.00. The van der Waals surface area contributed by atoms with Gasteiger partial charge in [0.2, 0.25) is 0 Å². The van der Waals surface area contributed by atoms with E-state index >= 15 is 0 Å². The van der Waals surface area contributed by atoms with Crippen molar-refractivity contribution in [3.63, 3.8) is 0 Å². The fourth-order valence-electron chi connectivity index (χ4n) is 9.79. The number of hydrogen-bond acceptors (Lipinski definition) is 10. The highest BCUT2D eigenvalue weighted by atomic mass is 16.7. The van der Waals surface area contributed by atoms with Gasteiger partial charge in [-0.2, -0.15) is 0 Å². The van der Waals surface area contributed by atoms with Gasteiger partial charge in [-0.1, -0.05) is 6.92 Å². The summed E-state index contributed by atoms with van der Waals surface area (Å²) in [7, 11) is 0. The fraction of sp³-hybridized carbons (Fsp3) is 0.862.